The van der Waals surface area contributed by atoms with E-state index in [4.69, 9.17) is 5.73 Å². The lowest BCUT2D eigenvalue weighted by Crippen LogP contribution is -2.00. The molecule has 0 amide bonds. The Morgan fingerprint density at radius 2 is 1.81 bits per heavy atom. The van der Waals surface area contributed by atoms with Gasteiger partial charge in [-0.25, -0.2) is 0 Å². The molecule has 0 fully saturated rings. The van der Waals surface area contributed by atoms with Crippen LogP contribution in [-0.4, -0.2) is 0 Å². The normalized spacial score (nSPS) is 11.8. The third-order valence-electron chi connectivity index (χ3n) is 3.46. The van der Waals surface area contributed by atoms with Gasteiger partial charge in [0.15, 0.2) is 0 Å². The summed E-state index contributed by atoms with van der Waals surface area (Å²) in [7, 11) is 0. The molecule has 0 bridgehead atoms. The zero-order chi connectivity index (χ0) is 15.1. The molecule has 2 N–H and O–H groups in total. The molecule has 0 radical (unpaired) electrons. The molecule has 0 aromatic heterocycles. The maximum atomic E-state index is 5.87. The van der Waals surface area contributed by atoms with Crippen molar-refractivity contribution in [2.24, 2.45) is 5.73 Å². The van der Waals surface area contributed by atoms with E-state index in [1.807, 2.05) is 18.2 Å². The molecule has 0 aliphatic heterocycles. The molecular weight excluding hydrogens is 254 g/mol. The standard InChI is InChI=1S/C20H21N/c1-3-4-6-9-16(2)20-14-18(12-13-19(20)15-21)17-10-7-5-8-11-17/h3-14H,1,15,21H2,2H3/b6-4-,16-9+. The number of nitrogens with two attached hydrogens (primary N) is 1. The van der Waals surface area contributed by atoms with Gasteiger partial charge in [-0.1, -0.05) is 73.3 Å². The fourth-order valence-electron chi connectivity index (χ4n) is 2.30. The van der Waals surface area contributed by atoms with Crippen LogP contribution in [0.2, 0.25) is 0 Å². The molecule has 0 unspecified atom stereocenters. The van der Waals surface area contributed by atoms with Gasteiger partial charge in [-0.05, 0) is 40.8 Å². The van der Waals surface area contributed by atoms with Gasteiger partial charge in [0.05, 0.1) is 0 Å². The lowest BCUT2D eigenvalue weighted by atomic mass is 9.95. The molecule has 106 valence electrons. The van der Waals surface area contributed by atoms with Gasteiger partial charge in [-0.2, -0.15) is 0 Å². The van der Waals surface area contributed by atoms with Crippen LogP contribution in [0.5, 0.6) is 0 Å². The first-order valence-corrected chi connectivity index (χ1v) is 7.11. The molecule has 0 aliphatic carbocycles. The average Bonchev–Trinajstić information content (AvgIpc) is 2.55. The van der Waals surface area contributed by atoms with E-state index in [0.717, 1.165) is 5.56 Å². The molecule has 2 aromatic rings. The van der Waals surface area contributed by atoms with Crippen LogP contribution < -0.4 is 5.73 Å². The van der Waals surface area contributed by atoms with Gasteiger partial charge in [0, 0.05) is 6.54 Å². The third kappa shape index (κ3) is 3.80. The molecular formula is C20H21N. The Morgan fingerprint density at radius 3 is 2.48 bits per heavy atom. The van der Waals surface area contributed by atoms with Gasteiger partial charge in [-0.15, -0.1) is 0 Å². The summed E-state index contributed by atoms with van der Waals surface area (Å²) in [4.78, 5) is 0. The molecule has 0 heterocycles. The fraction of sp³-hybridized carbons (Fsp3) is 0.100. The minimum atomic E-state index is 0.542. The number of hydrogen-bond acceptors (Lipinski definition) is 1. The maximum Gasteiger partial charge on any atom is 0.0184 e. The van der Waals surface area contributed by atoms with Crippen molar-refractivity contribution in [1.82, 2.24) is 0 Å². The second-order valence-electron chi connectivity index (χ2n) is 4.91. The van der Waals surface area contributed by atoms with E-state index >= 15 is 0 Å². The molecule has 0 aliphatic rings. The summed E-state index contributed by atoms with van der Waals surface area (Å²) in [5.41, 5.74) is 11.9. The predicted octanol–water partition coefficient (Wildman–Crippen LogP) is 4.96. The van der Waals surface area contributed by atoms with E-state index in [1.54, 1.807) is 6.08 Å². The van der Waals surface area contributed by atoms with Crippen LogP contribution in [0.4, 0.5) is 0 Å². The number of allylic oxidation sites excluding steroid dienone is 5. The molecule has 0 atom stereocenters. The molecule has 1 nitrogen and oxygen atoms in total. The van der Waals surface area contributed by atoms with Crippen LogP contribution in [-0.2, 0) is 6.54 Å². The largest absolute Gasteiger partial charge is 0.326 e. The monoisotopic (exact) mass is 275 g/mol. The summed E-state index contributed by atoms with van der Waals surface area (Å²) in [6, 6.07) is 16.9. The van der Waals surface area contributed by atoms with Crippen molar-refractivity contribution in [1.29, 1.82) is 0 Å². The highest BCUT2D eigenvalue weighted by Crippen LogP contribution is 2.26. The highest BCUT2D eigenvalue weighted by molar-refractivity contribution is 5.74. The topological polar surface area (TPSA) is 26.0 Å². The summed E-state index contributed by atoms with van der Waals surface area (Å²) in [5, 5.41) is 0. The van der Waals surface area contributed by atoms with Gasteiger partial charge in [0.2, 0.25) is 0 Å². The van der Waals surface area contributed by atoms with Gasteiger partial charge >= 0.3 is 0 Å². The SMILES string of the molecule is C=C/C=C\C=C(/C)c1cc(-c2ccccc2)ccc1CN. The molecule has 1 heteroatoms. The fourth-order valence-corrected chi connectivity index (χ4v) is 2.30. The number of rotatable bonds is 5. The van der Waals surface area contributed by atoms with Crippen molar-refractivity contribution < 1.29 is 0 Å². The van der Waals surface area contributed by atoms with Crippen molar-refractivity contribution in [3.05, 3.63) is 90.5 Å². The van der Waals surface area contributed by atoms with Crippen molar-refractivity contribution in [2.45, 2.75) is 13.5 Å². The van der Waals surface area contributed by atoms with Crippen LogP contribution in [0.25, 0.3) is 16.7 Å². The van der Waals surface area contributed by atoms with Crippen LogP contribution in [0.1, 0.15) is 18.1 Å². The Labute approximate surface area is 127 Å². The minimum absolute atomic E-state index is 0.542. The van der Waals surface area contributed by atoms with E-state index in [-0.39, 0.29) is 0 Å². The Kier molecular flexibility index (Phi) is 5.30. The van der Waals surface area contributed by atoms with Gasteiger partial charge in [0.1, 0.15) is 0 Å². The minimum Gasteiger partial charge on any atom is -0.326 e. The summed E-state index contributed by atoms with van der Waals surface area (Å²) in [5.74, 6) is 0. The van der Waals surface area contributed by atoms with Gasteiger partial charge in [-0.3, -0.25) is 0 Å². The smallest absolute Gasteiger partial charge is 0.0184 e. The highest BCUT2D eigenvalue weighted by atomic mass is 14.5. The van der Waals surface area contributed by atoms with E-state index in [2.05, 4.69) is 62.0 Å². The lowest BCUT2D eigenvalue weighted by Gasteiger charge is -2.11. The van der Waals surface area contributed by atoms with Gasteiger partial charge in [0.25, 0.3) is 0 Å². The molecule has 0 saturated heterocycles. The summed E-state index contributed by atoms with van der Waals surface area (Å²) < 4.78 is 0. The van der Waals surface area contributed by atoms with Crippen LogP contribution in [0.3, 0.4) is 0 Å². The third-order valence-corrected chi connectivity index (χ3v) is 3.46. The average molecular weight is 275 g/mol. The summed E-state index contributed by atoms with van der Waals surface area (Å²) in [6.07, 6.45) is 7.78. The van der Waals surface area contributed by atoms with Crippen LogP contribution in [0, 0.1) is 0 Å². The Bertz CT molecular complexity index is 663. The Hall–Kier alpha value is -2.38. The van der Waals surface area contributed by atoms with E-state index in [0.29, 0.717) is 6.54 Å². The Morgan fingerprint density at radius 1 is 1.05 bits per heavy atom. The predicted molar refractivity (Wildman–Crippen MR) is 92.8 cm³/mol. The summed E-state index contributed by atoms with van der Waals surface area (Å²) >= 11 is 0. The van der Waals surface area contributed by atoms with Crippen LogP contribution >= 0.6 is 0 Å². The van der Waals surface area contributed by atoms with Gasteiger partial charge < -0.3 is 5.73 Å². The molecule has 21 heavy (non-hydrogen) atoms. The van der Waals surface area contributed by atoms with E-state index in [9.17, 15) is 0 Å². The lowest BCUT2D eigenvalue weighted by molar-refractivity contribution is 1.06. The summed E-state index contributed by atoms with van der Waals surface area (Å²) in [6.45, 7) is 6.33. The first-order valence-electron chi connectivity index (χ1n) is 7.11. The molecule has 0 spiro atoms. The van der Waals surface area contributed by atoms with E-state index in [1.165, 1.54) is 22.3 Å². The second kappa shape index (κ2) is 7.41. The number of hydrogen-bond donors (Lipinski definition) is 1. The first kappa shape index (κ1) is 15.0. The van der Waals surface area contributed by atoms with E-state index < -0.39 is 0 Å². The second-order valence-corrected chi connectivity index (χ2v) is 4.91. The number of benzene rings is 2. The zero-order valence-corrected chi connectivity index (χ0v) is 12.4. The molecule has 2 rings (SSSR count). The van der Waals surface area contributed by atoms with Crippen molar-refractivity contribution in [3.63, 3.8) is 0 Å². The Balaban J connectivity index is 2.46. The highest BCUT2D eigenvalue weighted by Gasteiger charge is 2.05. The molecule has 2 aromatic carbocycles. The van der Waals surface area contributed by atoms with Crippen LogP contribution in [0.15, 0.2) is 79.4 Å². The van der Waals surface area contributed by atoms with Crippen molar-refractivity contribution >= 4 is 5.57 Å². The quantitative estimate of drug-likeness (QED) is 0.767. The zero-order valence-electron chi connectivity index (χ0n) is 12.4. The first-order chi connectivity index (χ1) is 10.3. The maximum absolute atomic E-state index is 5.87. The van der Waals surface area contributed by atoms with Crippen molar-refractivity contribution in [2.75, 3.05) is 0 Å². The van der Waals surface area contributed by atoms with Crippen molar-refractivity contribution in [3.8, 4) is 11.1 Å². The molecule has 0 saturated carbocycles.